The molecule has 1 aromatic rings. The molecule has 0 aliphatic rings. The topological polar surface area (TPSA) is 119 Å². The highest BCUT2D eigenvalue weighted by atomic mass is 16.4. The number of nitrogens with one attached hydrogen (secondary N) is 2. The number of hydrogen-bond donors (Lipinski definition) is 3. The summed E-state index contributed by atoms with van der Waals surface area (Å²) in [6, 6.07) is 8.90. The average molecular weight is 331 g/mol. The molecule has 3 atom stereocenters. The van der Waals surface area contributed by atoms with Gasteiger partial charge in [-0.2, -0.15) is 5.26 Å². The van der Waals surface area contributed by atoms with Crippen LogP contribution in [0.5, 0.6) is 0 Å². The molecule has 0 aromatic heterocycles. The van der Waals surface area contributed by atoms with Gasteiger partial charge in [0, 0.05) is 25.7 Å². The normalized spacial score (nSPS) is 13.9. The van der Waals surface area contributed by atoms with Crippen molar-refractivity contribution in [2.75, 3.05) is 0 Å². The van der Waals surface area contributed by atoms with E-state index in [-0.39, 0.29) is 18.7 Å². The number of carbonyl (C=O) groups excluding carboxylic acids is 2. The maximum absolute atomic E-state index is 12.4. The summed E-state index contributed by atoms with van der Waals surface area (Å²) in [5.74, 6) is -2.74. The van der Waals surface area contributed by atoms with Crippen LogP contribution < -0.4 is 10.6 Å². The molecule has 7 nitrogen and oxygen atoms in total. The quantitative estimate of drug-likeness (QED) is 0.652. The van der Waals surface area contributed by atoms with Crippen molar-refractivity contribution in [1.82, 2.24) is 10.6 Å². The predicted molar refractivity (Wildman–Crippen MR) is 86.7 cm³/mol. The minimum Gasteiger partial charge on any atom is -0.480 e. The summed E-state index contributed by atoms with van der Waals surface area (Å²) < 4.78 is 0. The van der Waals surface area contributed by atoms with Gasteiger partial charge in [-0.15, -0.1) is 0 Å². The second-order valence-electron chi connectivity index (χ2n) is 5.61. The molecule has 0 radical (unpaired) electrons. The largest absolute Gasteiger partial charge is 0.480 e. The zero-order chi connectivity index (χ0) is 18.1. The number of hydrogen-bond acceptors (Lipinski definition) is 4. The Morgan fingerprint density at radius 1 is 1.21 bits per heavy atom. The van der Waals surface area contributed by atoms with Crippen molar-refractivity contribution in [2.45, 2.75) is 38.8 Å². The third-order valence-corrected chi connectivity index (χ3v) is 3.52. The molecule has 7 heteroatoms. The maximum Gasteiger partial charge on any atom is 0.326 e. The highest BCUT2D eigenvalue weighted by Crippen LogP contribution is 2.10. The number of rotatable bonds is 8. The van der Waals surface area contributed by atoms with Crippen molar-refractivity contribution in [2.24, 2.45) is 5.92 Å². The molecule has 2 amide bonds. The first-order chi connectivity index (χ1) is 11.3. The van der Waals surface area contributed by atoms with Crippen LogP contribution in [0.4, 0.5) is 0 Å². The van der Waals surface area contributed by atoms with Crippen molar-refractivity contribution < 1.29 is 19.5 Å². The maximum atomic E-state index is 12.4. The van der Waals surface area contributed by atoms with Crippen LogP contribution in [0.3, 0.4) is 0 Å². The number of carbonyl (C=O) groups is 3. The summed E-state index contributed by atoms with van der Waals surface area (Å²) in [5, 5.41) is 22.9. The van der Waals surface area contributed by atoms with Crippen molar-refractivity contribution in [3.63, 3.8) is 0 Å². The number of benzene rings is 1. The summed E-state index contributed by atoms with van der Waals surface area (Å²) in [5.41, 5.74) is 0.836. The van der Waals surface area contributed by atoms with E-state index in [4.69, 9.17) is 5.26 Å². The van der Waals surface area contributed by atoms with Gasteiger partial charge in [0.15, 0.2) is 0 Å². The van der Waals surface area contributed by atoms with Gasteiger partial charge in [0.1, 0.15) is 12.1 Å². The van der Waals surface area contributed by atoms with E-state index < -0.39 is 29.9 Å². The highest BCUT2D eigenvalue weighted by molar-refractivity contribution is 5.90. The summed E-state index contributed by atoms with van der Waals surface area (Å²) >= 11 is 0. The number of amides is 2. The second kappa shape index (κ2) is 9.30. The number of nitriles is 1. The van der Waals surface area contributed by atoms with Gasteiger partial charge < -0.3 is 15.7 Å². The van der Waals surface area contributed by atoms with E-state index in [1.54, 1.807) is 6.92 Å². The van der Waals surface area contributed by atoms with Crippen LogP contribution in [0.1, 0.15) is 25.8 Å². The van der Waals surface area contributed by atoms with Gasteiger partial charge in [-0.25, -0.2) is 4.79 Å². The fraction of sp³-hybridized carbons (Fsp3) is 0.412. The van der Waals surface area contributed by atoms with E-state index in [9.17, 15) is 19.5 Å². The van der Waals surface area contributed by atoms with E-state index in [1.807, 2.05) is 36.4 Å². The van der Waals surface area contributed by atoms with Gasteiger partial charge in [0.2, 0.25) is 11.8 Å². The fourth-order valence-corrected chi connectivity index (χ4v) is 2.27. The Bertz CT molecular complexity index is 624. The molecule has 0 saturated heterocycles. The minimum absolute atomic E-state index is 0.000730. The van der Waals surface area contributed by atoms with E-state index in [0.29, 0.717) is 0 Å². The lowest BCUT2D eigenvalue weighted by atomic mass is 9.98. The SMILES string of the molecule is CC(=O)N[C@H](Cc1ccccc1)C(=O)N[C@H](C(=O)O)[C@H](C)CC#N. The van der Waals surface area contributed by atoms with Crippen LogP contribution in [-0.2, 0) is 20.8 Å². The first-order valence-corrected chi connectivity index (χ1v) is 7.56. The summed E-state index contributed by atoms with van der Waals surface area (Å²) in [6.07, 6.45) is 0.242. The summed E-state index contributed by atoms with van der Waals surface area (Å²) in [6.45, 7) is 2.87. The molecule has 128 valence electrons. The Morgan fingerprint density at radius 2 is 1.83 bits per heavy atom. The molecule has 0 aliphatic heterocycles. The van der Waals surface area contributed by atoms with Crippen LogP contribution >= 0.6 is 0 Å². The smallest absolute Gasteiger partial charge is 0.326 e. The zero-order valence-corrected chi connectivity index (χ0v) is 13.7. The standard InChI is InChI=1S/C17H21N3O4/c1-11(8-9-18)15(17(23)24)20-16(22)14(19-12(2)21)10-13-6-4-3-5-7-13/h3-7,11,14-15H,8,10H2,1-2H3,(H,19,21)(H,20,22)(H,23,24)/t11-,14-,15+/m1/s1. The van der Waals surface area contributed by atoms with Gasteiger partial charge >= 0.3 is 5.97 Å². The molecule has 0 aliphatic carbocycles. The number of carboxylic acids is 1. The molecule has 0 fully saturated rings. The van der Waals surface area contributed by atoms with Crippen LogP contribution in [0.25, 0.3) is 0 Å². The molecule has 0 unspecified atom stereocenters. The Morgan fingerprint density at radius 3 is 2.33 bits per heavy atom. The lowest BCUT2D eigenvalue weighted by Gasteiger charge is -2.23. The van der Waals surface area contributed by atoms with Gasteiger partial charge in [0.05, 0.1) is 6.07 Å². The first-order valence-electron chi connectivity index (χ1n) is 7.56. The molecule has 0 spiro atoms. The lowest BCUT2D eigenvalue weighted by Crippen LogP contribution is -2.53. The molecule has 1 aromatic carbocycles. The number of nitrogens with zero attached hydrogens (tertiary/aromatic N) is 1. The van der Waals surface area contributed by atoms with E-state index in [1.165, 1.54) is 6.92 Å². The Kier molecular flexibility index (Phi) is 7.43. The fourth-order valence-electron chi connectivity index (χ4n) is 2.27. The monoisotopic (exact) mass is 331 g/mol. The van der Waals surface area contributed by atoms with Gasteiger partial charge in [-0.3, -0.25) is 9.59 Å². The molecule has 1 rings (SSSR count). The Hall–Kier alpha value is -2.88. The first kappa shape index (κ1) is 19.2. The molecule has 0 heterocycles. The van der Waals surface area contributed by atoms with Gasteiger partial charge in [0.25, 0.3) is 0 Å². The average Bonchev–Trinajstić information content (AvgIpc) is 2.52. The molecular formula is C17H21N3O4. The van der Waals surface area contributed by atoms with Crippen molar-refractivity contribution in [3.8, 4) is 6.07 Å². The van der Waals surface area contributed by atoms with E-state index in [2.05, 4.69) is 10.6 Å². The second-order valence-corrected chi connectivity index (χ2v) is 5.61. The van der Waals surface area contributed by atoms with Crippen LogP contribution in [0.2, 0.25) is 0 Å². The third-order valence-electron chi connectivity index (χ3n) is 3.52. The molecule has 3 N–H and O–H groups in total. The van der Waals surface area contributed by atoms with Gasteiger partial charge in [-0.1, -0.05) is 37.3 Å². The zero-order valence-electron chi connectivity index (χ0n) is 13.7. The van der Waals surface area contributed by atoms with Crippen LogP contribution in [0.15, 0.2) is 30.3 Å². The van der Waals surface area contributed by atoms with E-state index >= 15 is 0 Å². The van der Waals surface area contributed by atoms with Crippen molar-refractivity contribution in [1.29, 1.82) is 5.26 Å². The van der Waals surface area contributed by atoms with E-state index in [0.717, 1.165) is 5.56 Å². The summed E-state index contributed by atoms with van der Waals surface area (Å²) in [4.78, 5) is 35.1. The number of aliphatic carboxylic acids is 1. The Labute approximate surface area is 140 Å². The van der Waals surface area contributed by atoms with Crippen LogP contribution in [-0.4, -0.2) is 35.0 Å². The van der Waals surface area contributed by atoms with Gasteiger partial charge in [-0.05, 0) is 5.56 Å². The number of carboxylic acid groups (broad SMARTS) is 1. The molecule has 24 heavy (non-hydrogen) atoms. The predicted octanol–water partition coefficient (Wildman–Crippen LogP) is 0.853. The highest BCUT2D eigenvalue weighted by Gasteiger charge is 2.29. The molecular weight excluding hydrogens is 310 g/mol. The van der Waals surface area contributed by atoms with Crippen molar-refractivity contribution >= 4 is 17.8 Å². The Balaban J connectivity index is 2.88. The summed E-state index contributed by atoms with van der Waals surface area (Å²) in [7, 11) is 0. The minimum atomic E-state index is -1.22. The van der Waals surface area contributed by atoms with Crippen molar-refractivity contribution in [3.05, 3.63) is 35.9 Å². The molecule has 0 saturated carbocycles. The third kappa shape index (κ3) is 6.08. The van der Waals surface area contributed by atoms with Crippen LogP contribution in [0, 0.1) is 17.2 Å². The lowest BCUT2D eigenvalue weighted by molar-refractivity contribution is -0.143. The molecule has 0 bridgehead atoms.